The lowest BCUT2D eigenvalue weighted by Crippen LogP contribution is -2.30. The number of aryl methyl sites for hydroxylation is 1. The molecular weight excluding hydrogens is 452 g/mol. The van der Waals surface area contributed by atoms with E-state index in [4.69, 9.17) is 4.74 Å². The lowest BCUT2D eigenvalue weighted by molar-refractivity contribution is 0.0813. The van der Waals surface area contributed by atoms with Gasteiger partial charge < -0.3 is 9.64 Å². The average molecular weight is 491 g/mol. The van der Waals surface area contributed by atoms with Gasteiger partial charge >= 0.3 is 0 Å². The van der Waals surface area contributed by atoms with Crippen molar-refractivity contribution in [3.63, 3.8) is 0 Å². The summed E-state index contributed by atoms with van der Waals surface area (Å²) in [5.41, 5.74) is 7.01. The molecule has 0 spiro atoms. The fraction of sp³-hybridized carbons (Fsp3) is 0.176. The Kier molecular flexibility index (Phi) is 10.3. The number of rotatable bonds is 9. The molecule has 3 heteroatoms. The average Bonchev–Trinajstić information content (AvgIpc) is 2.95. The van der Waals surface area contributed by atoms with Crippen LogP contribution in [0.5, 0.6) is 5.75 Å². The van der Waals surface area contributed by atoms with Crippen LogP contribution >= 0.6 is 0 Å². The Morgan fingerprint density at radius 1 is 0.703 bits per heavy atom. The lowest BCUT2D eigenvalue weighted by atomic mass is 10.0. The molecule has 4 aromatic rings. The first-order chi connectivity index (χ1) is 18.0. The zero-order valence-electron chi connectivity index (χ0n) is 22.5. The third-order valence-electron chi connectivity index (χ3n) is 6.17. The Bertz CT molecular complexity index is 1230. The normalized spacial score (nSPS) is 11.2. The summed E-state index contributed by atoms with van der Waals surface area (Å²) in [6, 6.07) is 35.3. The van der Waals surface area contributed by atoms with Crippen molar-refractivity contribution in [3.05, 3.63) is 133 Å². The molecule has 0 aliphatic rings. The van der Waals surface area contributed by atoms with Gasteiger partial charge in [-0.15, -0.1) is 0 Å². The highest BCUT2D eigenvalue weighted by molar-refractivity contribution is 5.84. The molecule has 0 saturated heterocycles. The van der Waals surface area contributed by atoms with Gasteiger partial charge in [0.2, 0.25) is 0 Å². The van der Waals surface area contributed by atoms with E-state index < -0.39 is 0 Å². The quantitative estimate of drug-likeness (QED) is 0.218. The van der Waals surface area contributed by atoms with E-state index in [9.17, 15) is 0 Å². The van der Waals surface area contributed by atoms with E-state index in [0.29, 0.717) is 0 Å². The number of nitrogens with zero attached hydrogens (tertiary/aromatic N) is 2. The van der Waals surface area contributed by atoms with Crippen LogP contribution in [-0.2, 0) is 6.42 Å². The molecular formula is C34H38N2O. The van der Waals surface area contributed by atoms with Crippen LogP contribution in [0.4, 0.5) is 17.1 Å². The maximum atomic E-state index is 5.75. The van der Waals surface area contributed by atoms with Crippen molar-refractivity contribution < 1.29 is 4.74 Å². The van der Waals surface area contributed by atoms with E-state index in [2.05, 4.69) is 91.7 Å². The van der Waals surface area contributed by atoms with Crippen LogP contribution in [0.1, 0.15) is 30.5 Å². The van der Waals surface area contributed by atoms with Gasteiger partial charge in [0.15, 0.2) is 0 Å². The number of hydrogen-bond donors (Lipinski definition) is 0. The standard InChI is InChI=1S/C22H21N.C12H17NO/c1-3-18-12-11-13-19(4-2)22(18)23(20-14-7-5-8-15-20)21-16-9-6-10-17-21;1-5-11-8-6-7-9-12(11)14-10(2)13(3)4/h3,5-17H,1,4H2,2H3;5-10H,1H2,2-4H3. The molecule has 0 N–H and O–H groups in total. The first kappa shape index (κ1) is 27.5. The first-order valence-corrected chi connectivity index (χ1v) is 12.7. The van der Waals surface area contributed by atoms with E-state index in [1.54, 1.807) is 6.08 Å². The van der Waals surface area contributed by atoms with Crippen LogP contribution in [0.25, 0.3) is 12.2 Å². The van der Waals surface area contributed by atoms with Gasteiger partial charge in [0.1, 0.15) is 12.0 Å². The summed E-state index contributed by atoms with van der Waals surface area (Å²) in [5, 5.41) is 0. The zero-order valence-corrected chi connectivity index (χ0v) is 22.5. The third kappa shape index (κ3) is 7.22. The summed E-state index contributed by atoms with van der Waals surface area (Å²) in [7, 11) is 3.97. The first-order valence-electron chi connectivity index (χ1n) is 12.7. The molecule has 37 heavy (non-hydrogen) atoms. The Morgan fingerprint density at radius 2 is 1.22 bits per heavy atom. The van der Waals surface area contributed by atoms with Gasteiger partial charge in [-0.25, -0.2) is 0 Å². The SMILES string of the molecule is C=Cc1cccc(CC)c1N(c1ccccc1)c1ccccc1.C=Cc1ccccc1OC(C)N(C)C. The Hall–Kier alpha value is -4.08. The number of anilines is 3. The monoisotopic (exact) mass is 490 g/mol. The van der Waals surface area contributed by atoms with Gasteiger partial charge in [-0.3, -0.25) is 4.90 Å². The molecule has 0 heterocycles. The predicted octanol–water partition coefficient (Wildman–Crippen LogP) is 8.98. The third-order valence-corrected chi connectivity index (χ3v) is 6.17. The van der Waals surface area contributed by atoms with Crippen molar-refractivity contribution in [1.82, 2.24) is 4.90 Å². The highest BCUT2D eigenvalue weighted by Gasteiger charge is 2.17. The largest absolute Gasteiger partial charge is 0.475 e. The minimum Gasteiger partial charge on any atom is -0.475 e. The second-order valence-corrected chi connectivity index (χ2v) is 8.84. The summed E-state index contributed by atoms with van der Waals surface area (Å²) in [6.45, 7) is 12.0. The van der Waals surface area contributed by atoms with E-state index in [1.807, 2.05) is 68.4 Å². The van der Waals surface area contributed by atoms with Gasteiger partial charge in [-0.2, -0.15) is 0 Å². The molecule has 0 bridgehead atoms. The summed E-state index contributed by atoms with van der Waals surface area (Å²) < 4.78 is 5.75. The van der Waals surface area contributed by atoms with Crippen LogP contribution in [0.2, 0.25) is 0 Å². The maximum Gasteiger partial charge on any atom is 0.149 e. The van der Waals surface area contributed by atoms with E-state index in [-0.39, 0.29) is 6.23 Å². The van der Waals surface area contributed by atoms with Gasteiger partial charge in [0.05, 0.1) is 5.69 Å². The number of hydrogen-bond acceptors (Lipinski definition) is 3. The molecule has 3 nitrogen and oxygen atoms in total. The molecule has 0 aromatic heterocycles. The number of para-hydroxylation sites is 4. The van der Waals surface area contributed by atoms with Crippen molar-refractivity contribution in [2.75, 3.05) is 19.0 Å². The van der Waals surface area contributed by atoms with Crippen LogP contribution in [-0.4, -0.2) is 25.2 Å². The fourth-order valence-corrected chi connectivity index (χ4v) is 3.94. The summed E-state index contributed by atoms with van der Waals surface area (Å²) in [5.74, 6) is 0.878. The molecule has 0 fully saturated rings. The molecule has 1 unspecified atom stereocenters. The molecule has 4 aromatic carbocycles. The van der Waals surface area contributed by atoms with Crippen LogP contribution < -0.4 is 9.64 Å². The van der Waals surface area contributed by atoms with Gasteiger partial charge in [0.25, 0.3) is 0 Å². The number of ether oxygens (including phenoxy) is 1. The summed E-state index contributed by atoms with van der Waals surface area (Å²) >= 11 is 0. The maximum absolute atomic E-state index is 5.75. The molecule has 4 rings (SSSR count). The second kappa shape index (κ2) is 13.9. The van der Waals surface area contributed by atoms with Crippen LogP contribution in [0.15, 0.2) is 116 Å². The Labute approximate surface area is 223 Å². The molecule has 0 saturated carbocycles. The van der Waals surface area contributed by atoms with Gasteiger partial charge in [-0.05, 0) is 68.9 Å². The number of benzene rings is 4. The predicted molar refractivity (Wildman–Crippen MR) is 161 cm³/mol. The Morgan fingerprint density at radius 3 is 1.73 bits per heavy atom. The molecule has 190 valence electrons. The molecule has 1 atom stereocenters. The van der Waals surface area contributed by atoms with E-state index in [0.717, 1.165) is 34.7 Å². The van der Waals surface area contributed by atoms with Crippen LogP contribution in [0, 0.1) is 0 Å². The minimum atomic E-state index is 0.0658. The van der Waals surface area contributed by atoms with Crippen molar-refractivity contribution >= 4 is 29.2 Å². The summed E-state index contributed by atoms with van der Waals surface area (Å²) in [4.78, 5) is 4.33. The topological polar surface area (TPSA) is 15.7 Å². The van der Waals surface area contributed by atoms with Crippen molar-refractivity contribution in [3.8, 4) is 5.75 Å². The second-order valence-electron chi connectivity index (χ2n) is 8.84. The highest BCUT2D eigenvalue weighted by atomic mass is 16.5. The van der Waals surface area contributed by atoms with Crippen molar-refractivity contribution in [1.29, 1.82) is 0 Å². The lowest BCUT2D eigenvalue weighted by Gasteiger charge is -2.29. The van der Waals surface area contributed by atoms with Crippen LogP contribution in [0.3, 0.4) is 0 Å². The molecule has 0 radical (unpaired) electrons. The van der Waals surface area contributed by atoms with Gasteiger partial charge in [-0.1, -0.05) is 105 Å². The van der Waals surface area contributed by atoms with E-state index in [1.165, 1.54) is 11.3 Å². The minimum absolute atomic E-state index is 0.0658. The van der Waals surface area contributed by atoms with Crippen molar-refractivity contribution in [2.24, 2.45) is 0 Å². The highest BCUT2D eigenvalue weighted by Crippen LogP contribution is 2.39. The van der Waals surface area contributed by atoms with Crippen molar-refractivity contribution in [2.45, 2.75) is 26.5 Å². The fourth-order valence-electron chi connectivity index (χ4n) is 3.94. The van der Waals surface area contributed by atoms with E-state index >= 15 is 0 Å². The molecule has 0 aliphatic carbocycles. The zero-order chi connectivity index (χ0) is 26.6. The molecule has 0 amide bonds. The van der Waals surface area contributed by atoms with Gasteiger partial charge in [0, 0.05) is 16.9 Å². The Balaban J connectivity index is 0.000000233. The molecule has 0 aliphatic heterocycles. The smallest absolute Gasteiger partial charge is 0.149 e. The summed E-state index contributed by atoms with van der Waals surface area (Å²) in [6.07, 6.45) is 4.79.